The minimum atomic E-state index is -4.13. The van der Waals surface area contributed by atoms with Crippen LogP contribution < -0.4 is 10.0 Å². The van der Waals surface area contributed by atoms with Crippen molar-refractivity contribution in [3.05, 3.63) is 23.3 Å². The Morgan fingerprint density at radius 3 is 2.09 bits per heavy atom. The van der Waals surface area contributed by atoms with Gasteiger partial charge in [0.25, 0.3) is 0 Å². The van der Waals surface area contributed by atoms with Gasteiger partial charge < -0.3 is 15.5 Å². The summed E-state index contributed by atoms with van der Waals surface area (Å²) < 4.78 is 26.6. The van der Waals surface area contributed by atoms with E-state index in [-0.39, 0.29) is 10.8 Å². The molecular formula is C13H18N2O6S. The second kappa shape index (κ2) is 6.86. The molecule has 1 rings (SSSR count). The SMILES string of the molecule is CC(=O)Nc1cc(C)c(S(=O)(=O)NC(CO)C(=O)O)c(C)c1. The Balaban J connectivity index is 3.25. The van der Waals surface area contributed by atoms with Crippen molar-refractivity contribution in [1.82, 2.24) is 4.72 Å². The van der Waals surface area contributed by atoms with Crippen molar-refractivity contribution in [3.8, 4) is 0 Å². The van der Waals surface area contributed by atoms with Gasteiger partial charge in [-0.2, -0.15) is 4.72 Å². The van der Waals surface area contributed by atoms with Gasteiger partial charge >= 0.3 is 5.97 Å². The van der Waals surface area contributed by atoms with E-state index in [1.165, 1.54) is 32.9 Å². The number of carbonyl (C=O) groups is 2. The third-order valence-electron chi connectivity index (χ3n) is 2.83. The van der Waals surface area contributed by atoms with Crippen LogP contribution in [0.15, 0.2) is 17.0 Å². The summed E-state index contributed by atoms with van der Waals surface area (Å²) in [7, 11) is -4.13. The van der Waals surface area contributed by atoms with E-state index in [1.807, 2.05) is 4.72 Å². The molecule has 122 valence electrons. The molecule has 1 amide bonds. The normalized spacial score (nSPS) is 12.7. The number of carbonyl (C=O) groups excluding carboxylic acids is 1. The molecule has 0 aliphatic rings. The summed E-state index contributed by atoms with van der Waals surface area (Å²) in [4.78, 5) is 21.8. The van der Waals surface area contributed by atoms with Gasteiger partial charge in [0.2, 0.25) is 15.9 Å². The van der Waals surface area contributed by atoms with Gasteiger partial charge in [-0.15, -0.1) is 0 Å². The molecule has 0 saturated heterocycles. The Hall–Kier alpha value is -1.97. The van der Waals surface area contributed by atoms with Crippen LogP contribution in [0.25, 0.3) is 0 Å². The van der Waals surface area contributed by atoms with E-state index in [1.54, 1.807) is 0 Å². The van der Waals surface area contributed by atoms with Crippen molar-refractivity contribution < 1.29 is 28.2 Å². The van der Waals surface area contributed by atoms with Gasteiger partial charge in [0.05, 0.1) is 11.5 Å². The van der Waals surface area contributed by atoms with E-state index in [4.69, 9.17) is 10.2 Å². The third-order valence-corrected chi connectivity index (χ3v) is 4.60. The van der Waals surface area contributed by atoms with Crippen molar-refractivity contribution >= 4 is 27.6 Å². The lowest BCUT2D eigenvalue weighted by Gasteiger charge is -2.16. The molecule has 1 atom stereocenters. The van der Waals surface area contributed by atoms with Gasteiger partial charge in [0.1, 0.15) is 6.04 Å². The molecule has 1 unspecified atom stereocenters. The van der Waals surface area contributed by atoms with Gasteiger partial charge in [0, 0.05) is 12.6 Å². The number of hydrogen-bond donors (Lipinski definition) is 4. The van der Waals surface area contributed by atoms with Crippen LogP contribution >= 0.6 is 0 Å². The topological polar surface area (TPSA) is 133 Å². The number of sulfonamides is 1. The number of anilines is 1. The monoisotopic (exact) mass is 330 g/mol. The Morgan fingerprint density at radius 2 is 1.73 bits per heavy atom. The fraction of sp³-hybridized carbons (Fsp3) is 0.385. The van der Waals surface area contributed by atoms with Crippen LogP contribution in [0.4, 0.5) is 5.69 Å². The van der Waals surface area contributed by atoms with Crippen molar-refractivity contribution in [2.24, 2.45) is 0 Å². The smallest absolute Gasteiger partial charge is 0.324 e. The number of aryl methyl sites for hydroxylation is 2. The zero-order chi connectivity index (χ0) is 17.1. The molecule has 1 aromatic rings. The first-order valence-electron chi connectivity index (χ1n) is 6.33. The lowest BCUT2D eigenvalue weighted by molar-refractivity contribution is -0.139. The molecule has 0 saturated carbocycles. The minimum absolute atomic E-state index is 0.0821. The molecule has 0 aliphatic heterocycles. The van der Waals surface area contributed by atoms with Crippen molar-refractivity contribution in [3.63, 3.8) is 0 Å². The molecule has 4 N–H and O–H groups in total. The summed E-state index contributed by atoms with van der Waals surface area (Å²) in [6.45, 7) is 3.52. The van der Waals surface area contributed by atoms with E-state index < -0.39 is 28.6 Å². The number of aliphatic carboxylic acids is 1. The first-order chi connectivity index (χ1) is 10.1. The van der Waals surface area contributed by atoms with Gasteiger partial charge in [-0.05, 0) is 37.1 Å². The summed E-state index contributed by atoms with van der Waals surface area (Å²) in [6, 6.07) is 1.31. The molecular weight excluding hydrogens is 312 g/mol. The van der Waals surface area contributed by atoms with Gasteiger partial charge in [-0.3, -0.25) is 9.59 Å². The fourth-order valence-electron chi connectivity index (χ4n) is 2.06. The zero-order valence-electron chi connectivity index (χ0n) is 12.4. The lowest BCUT2D eigenvalue weighted by atomic mass is 10.1. The lowest BCUT2D eigenvalue weighted by Crippen LogP contribution is -2.43. The molecule has 9 heteroatoms. The Kier molecular flexibility index (Phi) is 5.64. The maximum Gasteiger partial charge on any atom is 0.324 e. The van der Waals surface area contributed by atoms with E-state index >= 15 is 0 Å². The van der Waals surface area contributed by atoms with Crippen LogP contribution in [0.3, 0.4) is 0 Å². The van der Waals surface area contributed by atoms with Gasteiger partial charge in [-0.25, -0.2) is 8.42 Å². The summed E-state index contributed by atoms with van der Waals surface area (Å²) in [5, 5.41) is 20.3. The Bertz CT molecular complexity index is 675. The van der Waals surface area contributed by atoms with Crippen LogP contribution in [0.2, 0.25) is 0 Å². The predicted molar refractivity (Wildman–Crippen MR) is 79.1 cm³/mol. The molecule has 0 aromatic heterocycles. The van der Waals surface area contributed by atoms with Crippen LogP contribution in [0, 0.1) is 13.8 Å². The van der Waals surface area contributed by atoms with E-state index in [0.29, 0.717) is 16.8 Å². The molecule has 0 heterocycles. The van der Waals surface area contributed by atoms with Crippen molar-refractivity contribution in [2.75, 3.05) is 11.9 Å². The summed E-state index contributed by atoms with van der Waals surface area (Å²) in [5.41, 5.74) is 1.13. The molecule has 8 nitrogen and oxygen atoms in total. The number of rotatable bonds is 6. The molecule has 0 fully saturated rings. The summed E-state index contributed by atoms with van der Waals surface area (Å²) in [6.07, 6.45) is 0. The number of aliphatic hydroxyl groups excluding tert-OH is 1. The standard InChI is InChI=1S/C13H18N2O6S/c1-7-4-10(14-9(3)17)5-8(2)12(7)22(20,21)15-11(6-16)13(18)19/h4-5,11,15-16H,6H2,1-3H3,(H,14,17)(H,18,19). The third kappa shape index (κ3) is 4.26. The fourth-order valence-corrected chi connectivity index (χ4v) is 3.69. The average Bonchev–Trinajstić information content (AvgIpc) is 2.33. The molecule has 0 aliphatic carbocycles. The highest BCUT2D eigenvalue weighted by atomic mass is 32.2. The molecule has 0 bridgehead atoms. The largest absolute Gasteiger partial charge is 0.480 e. The average molecular weight is 330 g/mol. The van der Waals surface area contributed by atoms with Crippen molar-refractivity contribution in [2.45, 2.75) is 31.7 Å². The molecule has 1 aromatic carbocycles. The Morgan fingerprint density at radius 1 is 1.23 bits per heavy atom. The number of hydrogen-bond acceptors (Lipinski definition) is 5. The zero-order valence-corrected chi connectivity index (χ0v) is 13.2. The van der Waals surface area contributed by atoms with Gasteiger partial charge in [-0.1, -0.05) is 0 Å². The quantitative estimate of drug-likeness (QED) is 0.579. The number of aliphatic hydroxyl groups is 1. The van der Waals surface area contributed by atoms with Crippen LogP contribution in [0.1, 0.15) is 18.1 Å². The summed E-state index contributed by atoms with van der Waals surface area (Å²) >= 11 is 0. The number of carboxylic acids is 1. The summed E-state index contributed by atoms with van der Waals surface area (Å²) in [5.74, 6) is -1.77. The van der Waals surface area contributed by atoms with Crippen LogP contribution in [-0.4, -0.2) is 43.2 Å². The molecule has 22 heavy (non-hydrogen) atoms. The Labute approximate surface area is 128 Å². The molecule has 0 spiro atoms. The maximum absolute atomic E-state index is 12.3. The number of benzene rings is 1. The number of nitrogens with one attached hydrogen (secondary N) is 2. The highest BCUT2D eigenvalue weighted by Gasteiger charge is 2.27. The number of carboxylic acid groups (broad SMARTS) is 1. The highest BCUT2D eigenvalue weighted by Crippen LogP contribution is 2.24. The second-order valence-electron chi connectivity index (χ2n) is 4.82. The predicted octanol–water partition coefficient (Wildman–Crippen LogP) is -0.0144. The minimum Gasteiger partial charge on any atom is -0.480 e. The van der Waals surface area contributed by atoms with E-state index in [9.17, 15) is 18.0 Å². The maximum atomic E-state index is 12.3. The van der Waals surface area contributed by atoms with E-state index in [2.05, 4.69) is 5.32 Å². The molecule has 0 radical (unpaired) electrons. The first kappa shape index (κ1) is 18.1. The van der Waals surface area contributed by atoms with Crippen LogP contribution in [-0.2, 0) is 19.6 Å². The van der Waals surface area contributed by atoms with E-state index in [0.717, 1.165) is 0 Å². The van der Waals surface area contributed by atoms with Crippen LogP contribution in [0.5, 0.6) is 0 Å². The second-order valence-corrected chi connectivity index (χ2v) is 6.47. The first-order valence-corrected chi connectivity index (χ1v) is 7.81. The number of amides is 1. The van der Waals surface area contributed by atoms with Gasteiger partial charge in [0.15, 0.2) is 0 Å². The van der Waals surface area contributed by atoms with Crippen molar-refractivity contribution in [1.29, 1.82) is 0 Å². The highest BCUT2D eigenvalue weighted by molar-refractivity contribution is 7.89.